The maximum Gasteiger partial charge on any atom is 0.0278 e. The highest BCUT2D eigenvalue weighted by atomic mass is 15.2. The van der Waals surface area contributed by atoms with Crippen LogP contribution >= 0.6 is 0 Å². The molecule has 0 spiro atoms. The minimum Gasteiger partial charge on any atom is -0.313 e. The van der Waals surface area contributed by atoms with Gasteiger partial charge in [-0.2, -0.15) is 0 Å². The van der Waals surface area contributed by atoms with Gasteiger partial charge in [-0.1, -0.05) is 34.6 Å². The number of rotatable bonds is 6. The van der Waals surface area contributed by atoms with E-state index < -0.39 is 0 Å². The molecule has 0 aliphatic heterocycles. The molecule has 0 saturated heterocycles. The van der Waals surface area contributed by atoms with E-state index in [1.165, 1.54) is 32.2 Å². The van der Waals surface area contributed by atoms with E-state index in [0.717, 1.165) is 36.4 Å². The molecular formula is C17H34N2. The zero-order valence-electron chi connectivity index (χ0n) is 13.7. The lowest BCUT2D eigenvalue weighted by Crippen LogP contribution is -2.57. The van der Waals surface area contributed by atoms with E-state index in [-0.39, 0.29) is 0 Å². The summed E-state index contributed by atoms with van der Waals surface area (Å²) in [6.07, 6.45) is 5.65. The predicted octanol–water partition coefficient (Wildman–Crippen LogP) is 3.52. The Balaban J connectivity index is 2.10. The van der Waals surface area contributed by atoms with Crippen molar-refractivity contribution in [3.63, 3.8) is 0 Å². The Hall–Kier alpha value is -0.0800. The van der Waals surface area contributed by atoms with E-state index in [0.29, 0.717) is 6.04 Å². The van der Waals surface area contributed by atoms with E-state index >= 15 is 0 Å². The lowest BCUT2D eigenvalue weighted by molar-refractivity contribution is 0.0474. The molecule has 0 amide bonds. The molecule has 2 nitrogen and oxygen atoms in total. The van der Waals surface area contributed by atoms with Crippen molar-refractivity contribution in [2.75, 3.05) is 13.1 Å². The number of likely N-dealkylation sites (N-methyl/N-ethyl adjacent to an activating group) is 1. The summed E-state index contributed by atoms with van der Waals surface area (Å²) < 4.78 is 0. The van der Waals surface area contributed by atoms with Gasteiger partial charge >= 0.3 is 0 Å². The molecule has 0 radical (unpaired) electrons. The van der Waals surface area contributed by atoms with Crippen molar-refractivity contribution in [3.05, 3.63) is 0 Å². The Morgan fingerprint density at radius 3 is 2.37 bits per heavy atom. The summed E-state index contributed by atoms with van der Waals surface area (Å²) >= 11 is 0. The minimum absolute atomic E-state index is 0.711. The maximum absolute atomic E-state index is 3.79. The average Bonchev–Trinajstić information content (AvgIpc) is 3.10. The number of hydrogen-bond acceptors (Lipinski definition) is 2. The van der Waals surface area contributed by atoms with Crippen LogP contribution in [-0.2, 0) is 0 Å². The van der Waals surface area contributed by atoms with E-state index in [9.17, 15) is 0 Å². The van der Waals surface area contributed by atoms with Crippen molar-refractivity contribution in [1.29, 1.82) is 0 Å². The van der Waals surface area contributed by atoms with E-state index in [2.05, 4.69) is 44.8 Å². The molecule has 19 heavy (non-hydrogen) atoms. The van der Waals surface area contributed by atoms with Gasteiger partial charge in [-0.3, -0.25) is 4.90 Å². The molecule has 2 rings (SSSR count). The summed E-state index contributed by atoms with van der Waals surface area (Å²) in [4.78, 5) is 2.87. The first-order valence-corrected chi connectivity index (χ1v) is 8.52. The van der Waals surface area contributed by atoms with Crippen LogP contribution in [-0.4, -0.2) is 36.1 Å². The lowest BCUT2D eigenvalue weighted by Gasteiger charge is -2.47. The monoisotopic (exact) mass is 266 g/mol. The van der Waals surface area contributed by atoms with Gasteiger partial charge < -0.3 is 5.32 Å². The first kappa shape index (κ1) is 15.3. The normalized spacial score (nSPS) is 36.2. The van der Waals surface area contributed by atoms with E-state index in [1.54, 1.807) is 0 Å². The molecule has 1 N–H and O–H groups in total. The summed E-state index contributed by atoms with van der Waals surface area (Å²) in [6.45, 7) is 14.3. The summed E-state index contributed by atoms with van der Waals surface area (Å²) in [5.41, 5.74) is 0. The van der Waals surface area contributed by atoms with Crippen LogP contribution in [0.4, 0.5) is 0 Å². The second-order valence-corrected chi connectivity index (χ2v) is 7.53. The first-order valence-electron chi connectivity index (χ1n) is 8.52. The number of nitrogens with one attached hydrogen (secondary N) is 1. The molecule has 2 saturated carbocycles. The molecule has 2 aliphatic rings. The molecule has 0 bridgehead atoms. The van der Waals surface area contributed by atoms with E-state index in [4.69, 9.17) is 0 Å². The largest absolute Gasteiger partial charge is 0.313 e. The van der Waals surface area contributed by atoms with Crippen LogP contribution in [0.1, 0.15) is 60.3 Å². The van der Waals surface area contributed by atoms with Crippen LogP contribution in [0.25, 0.3) is 0 Å². The third-order valence-electron chi connectivity index (χ3n) is 4.87. The molecule has 0 aromatic carbocycles. The Kier molecular flexibility index (Phi) is 5.30. The standard InChI is InChI=1S/C17H34N2/c1-6-18-16-10-13(4)9-14(5)17(16)19(11-12(2)3)15-7-8-15/h12-18H,6-11H2,1-5H3. The molecular weight excluding hydrogens is 232 g/mol. The highest BCUT2D eigenvalue weighted by Crippen LogP contribution is 2.38. The fraction of sp³-hybridized carbons (Fsp3) is 1.00. The van der Waals surface area contributed by atoms with Crippen molar-refractivity contribution in [2.24, 2.45) is 17.8 Å². The van der Waals surface area contributed by atoms with E-state index in [1.807, 2.05) is 0 Å². The predicted molar refractivity (Wildman–Crippen MR) is 83.4 cm³/mol. The highest BCUT2D eigenvalue weighted by Gasteiger charge is 2.42. The van der Waals surface area contributed by atoms with Gasteiger partial charge in [0.05, 0.1) is 0 Å². The SMILES string of the molecule is CCNC1CC(C)CC(C)C1N(CC(C)C)C1CC1. The Morgan fingerprint density at radius 2 is 1.84 bits per heavy atom. The fourth-order valence-electron chi connectivity index (χ4n) is 4.21. The maximum atomic E-state index is 3.79. The van der Waals surface area contributed by atoms with Crippen molar-refractivity contribution in [2.45, 2.75) is 78.4 Å². The topological polar surface area (TPSA) is 15.3 Å². The third-order valence-corrected chi connectivity index (χ3v) is 4.87. The Labute approximate surface area is 120 Å². The zero-order chi connectivity index (χ0) is 14.0. The van der Waals surface area contributed by atoms with Crippen LogP contribution in [0.5, 0.6) is 0 Å². The van der Waals surface area contributed by atoms with Crippen LogP contribution in [0.2, 0.25) is 0 Å². The van der Waals surface area contributed by atoms with Crippen LogP contribution in [0, 0.1) is 17.8 Å². The molecule has 0 aromatic heterocycles. The average molecular weight is 266 g/mol. The Bertz CT molecular complexity index is 272. The summed E-state index contributed by atoms with van der Waals surface area (Å²) in [7, 11) is 0. The molecule has 4 unspecified atom stereocenters. The molecule has 4 atom stereocenters. The zero-order valence-corrected chi connectivity index (χ0v) is 13.7. The number of hydrogen-bond donors (Lipinski definition) is 1. The molecule has 0 aromatic rings. The van der Waals surface area contributed by atoms with Gasteiger partial charge in [0.15, 0.2) is 0 Å². The van der Waals surface area contributed by atoms with Crippen molar-refractivity contribution >= 4 is 0 Å². The van der Waals surface area contributed by atoms with Gasteiger partial charge in [0, 0.05) is 24.7 Å². The van der Waals surface area contributed by atoms with Gasteiger partial charge in [0.25, 0.3) is 0 Å². The summed E-state index contributed by atoms with van der Waals surface area (Å²) in [6, 6.07) is 2.37. The van der Waals surface area contributed by atoms with Crippen molar-refractivity contribution < 1.29 is 0 Å². The third kappa shape index (κ3) is 3.95. The fourth-order valence-corrected chi connectivity index (χ4v) is 4.21. The van der Waals surface area contributed by atoms with Gasteiger partial charge in [0.1, 0.15) is 0 Å². The Morgan fingerprint density at radius 1 is 1.16 bits per heavy atom. The first-order chi connectivity index (χ1) is 9.02. The molecule has 2 aliphatic carbocycles. The molecule has 2 fully saturated rings. The van der Waals surface area contributed by atoms with Crippen molar-refractivity contribution in [3.8, 4) is 0 Å². The summed E-state index contributed by atoms with van der Waals surface area (Å²) in [5, 5.41) is 3.79. The minimum atomic E-state index is 0.711. The summed E-state index contributed by atoms with van der Waals surface area (Å²) in [5.74, 6) is 2.51. The van der Waals surface area contributed by atoms with Crippen molar-refractivity contribution in [1.82, 2.24) is 10.2 Å². The van der Waals surface area contributed by atoms with Gasteiger partial charge in [0.2, 0.25) is 0 Å². The number of nitrogens with zero attached hydrogens (tertiary/aromatic N) is 1. The molecule has 2 heteroatoms. The van der Waals surface area contributed by atoms with Gasteiger partial charge in [-0.05, 0) is 50.0 Å². The lowest BCUT2D eigenvalue weighted by atomic mass is 9.75. The van der Waals surface area contributed by atoms with Crippen LogP contribution in [0.15, 0.2) is 0 Å². The molecule has 112 valence electrons. The van der Waals surface area contributed by atoms with Gasteiger partial charge in [-0.25, -0.2) is 0 Å². The second kappa shape index (κ2) is 6.58. The second-order valence-electron chi connectivity index (χ2n) is 7.53. The quantitative estimate of drug-likeness (QED) is 0.791. The molecule has 0 heterocycles. The highest BCUT2D eigenvalue weighted by molar-refractivity contribution is 4.99. The van der Waals surface area contributed by atoms with Gasteiger partial charge in [-0.15, -0.1) is 0 Å². The van der Waals surface area contributed by atoms with Crippen LogP contribution < -0.4 is 5.32 Å². The van der Waals surface area contributed by atoms with Crippen LogP contribution in [0.3, 0.4) is 0 Å². The smallest absolute Gasteiger partial charge is 0.0278 e.